The minimum Gasteiger partial charge on any atom is -0.478 e. The predicted molar refractivity (Wildman–Crippen MR) is 137 cm³/mol. The summed E-state index contributed by atoms with van der Waals surface area (Å²) in [6.07, 6.45) is 3.12. The number of nitrogens with one attached hydrogen (secondary N) is 2. The molecule has 1 unspecified atom stereocenters. The maximum atomic E-state index is 12.0. The number of amides is 1. The Morgan fingerprint density at radius 1 is 1.12 bits per heavy atom. The first kappa shape index (κ1) is 24.4. The van der Waals surface area contributed by atoms with Gasteiger partial charge in [0.2, 0.25) is 5.91 Å². The Kier molecular flexibility index (Phi) is 7.66. The number of ether oxygens (including phenoxy) is 1. The molecule has 3 N–H and O–H groups in total. The minimum atomic E-state index is -0.947. The summed E-state index contributed by atoms with van der Waals surface area (Å²) in [7, 11) is 0. The molecule has 1 aromatic heterocycles. The lowest BCUT2D eigenvalue weighted by Crippen LogP contribution is -2.58. The van der Waals surface area contributed by atoms with Gasteiger partial charge in [-0.3, -0.25) is 4.79 Å². The molecule has 1 aliphatic carbocycles. The standard InChI is InChI=1S/C27H32N2O4S/c1-4-19(5-2)33-23-14-18(27(31)32)13-22(26(23)29-16(3)30)28-15-17-10-11-25-21(12-17)20-8-6-7-9-24(20)34-25/h6-12,14,19,22-23,26,28H,4-5,13,15H2,1-3H3,(H,29,30)(H,31,32)/t22-,23?,26+/m0/s1. The van der Waals surface area contributed by atoms with Crippen LogP contribution in [0.15, 0.2) is 54.1 Å². The first-order chi connectivity index (χ1) is 16.4. The number of carboxylic acids is 1. The van der Waals surface area contributed by atoms with E-state index in [1.807, 2.05) is 13.8 Å². The number of hydrogen-bond acceptors (Lipinski definition) is 5. The maximum Gasteiger partial charge on any atom is 0.331 e. The molecule has 7 heteroatoms. The van der Waals surface area contributed by atoms with E-state index in [1.54, 1.807) is 17.4 Å². The highest BCUT2D eigenvalue weighted by Gasteiger charge is 2.37. The summed E-state index contributed by atoms with van der Waals surface area (Å²) < 4.78 is 8.77. The summed E-state index contributed by atoms with van der Waals surface area (Å²) in [6, 6.07) is 14.2. The summed E-state index contributed by atoms with van der Waals surface area (Å²) in [4.78, 5) is 23.9. The van der Waals surface area contributed by atoms with Crippen molar-refractivity contribution >= 4 is 43.4 Å². The molecule has 1 aliphatic rings. The summed E-state index contributed by atoms with van der Waals surface area (Å²) in [5.74, 6) is -1.11. The van der Waals surface area contributed by atoms with Crippen LogP contribution in [0.4, 0.5) is 0 Å². The lowest BCUT2D eigenvalue weighted by atomic mass is 9.87. The van der Waals surface area contributed by atoms with Gasteiger partial charge in [-0.15, -0.1) is 11.3 Å². The molecule has 0 saturated heterocycles. The number of carbonyl (C=O) groups excluding carboxylic acids is 1. The van der Waals surface area contributed by atoms with Gasteiger partial charge in [0.15, 0.2) is 0 Å². The fourth-order valence-corrected chi connectivity index (χ4v) is 5.78. The average Bonchev–Trinajstić information content (AvgIpc) is 3.19. The van der Waals surface area contributed by atoms with Crippen LogP contribution in [0.1, 0.15) is 45.6 Å². The molecule has 34 heavy (non-hydrogen) atoms. The lowest BCUT2D eigenvalue weighted by molar-refractivity contribution is -0.133. The number of aliphatic carboxylic acids is 1. The van der Waals surface area contributed by atoms with Crippen LogP contribution in [0, 0.1) is 0 Å². The van der Waals surface area contributed by atoms with Gasteiger partial charge >= 0.3 is 5.97 Å². The molecular weight excluding hydrogens is 448 g/mol. The third-order valence-corrected chi connectivity index (χ3v) is 7.66. The molecular formula is C27H32N2O4S. The zero-order valence-corrected chi connectivity index (χ0v) is 20.7. The molecule has 0 aliphatic heterocycles. The van der Waals surface area contributed by atoms with E-state index >= 15 is 0 Å². The van der Waals surface area contributed by atoms with E-state index < -0.39 is 12.1 Å². The molecule has 0 spiro atoms. The molecule has 2 aromatic carbocycles. The van der Waals surface area contributed by atoms with E-state index in [1.165, 1.54) is 27.1 Å². The summed E-state index contributed by atoms with van der Waals surface area (Å²) >= 11 is 1.78. The number of carboxylic acid groups (broad SMARTS) is 1. The largest absolute Gasteiger partial charge is 0.478 e. The molecule has 3 atom stereocenters. The first-order valence-corrected chi connectivity index (χ1v) is 12.7. The maximum absolute atomic E-state index is 12.0. The molecule has 1 heterocycles. The highest BCUT2D eigenvalue weighted by molar-refractivity contribution is 7.25. The van der Waals surface area contributed by atoms with Gasteiger partial charge in [0.25, 0.3) is 0 Å². The van der Waals surface area contributed by atoms with Crippen molar-refractivity contribution in [3.8, 4) is 0 Å². The summed E-state index contributed by atoms with van der Waals surface area (Å²) in [5, 5.41) is 18.7. The van der Waals surface area contributed by atoms with Gasteiger partial charge < -0.3 is 20.5 Å². The van der Waals surface area contributed by atoms with Crippen LogP contribution in [0.3, 0.4) is 0 Å². The smallest absolute Gasteiger partial charge is 0.331 e. The van der Waals surface area contributed by atoms with E-state index in [9.17, 15) is 14.7 Å². The molecule has 4 rings (SSSR count). The van der Waals surface area contributed by atoms with Crippen molar-refractivity contribution in [3.63, 3.8) is 0 Å². The fraction of sp³-hybridized carbons (Fsp3) is 0.407. The van der Waals surface area contributed by atoms with Crippen LogP contribution in [0.2, 0.25) is 0 Å². The monoisotopic (exact) mass is 480 g/mol. The van der Waals surface area contributed by atoms with Crippen LogP contribution in [0.25, 0.3) is 20.2 Å². The van der Waals surface area contributed by atoms with Crippen LogP contribution in [-0.4, -0.2) is 41.3 Å². The Morgan fingerprint density at radius 2 is 1.85 bits per heavy atom. The van der Waals surface area contributed by atoms with Gasteiger partial charge in [0.05, 0.1) is 18.2 Å². The zero-order chi connectivity index (χ0) is 24.2. The Balaban J connectivity index is 1.59. The number of carbonyl (C=O) groups is 2. The quantitative estimate of drug-likeness (QED) is 0.401. The highest BCUT2D eigenvalue weighted by Crippen LogP contribution is 2.34. The van der Waals surface area contributed by atoms with Crippen molar-refractivity contribution in [2.45, 2.75) is 70.9 Å². The van der Waals surface area contributed by atoms with Crippen molar-refractivity contribution in [1.82, 2.24) is 10.6 Å². The van der Waals surface area contributed by atoms with Crippen LogP contribution in [-0.2, 0) is 20.9 Å². The van der Waals surface area contributed by atoms with Gasteiger partial charge in [-0.2, -0.15) is 0 Å². The second-order valence-corrected chi connectivity index (χ2v) is 9.97. The first-order valence-electron chi connectivity index (χ1n) is 11.9. The molecule has 1 amide bonds. The van der Waals surface area contributed by atoms with Crippen molar-refractivity contribution < 1.29 is 19.4 Å². The van der Waals surface area contributed by atoms with Crippen LogP contribution < -0.4 is 10.6 Å². The molecule has 0 saturated carbocycles. The van der Waals surface area contributed by atoms with E-state index in [2.05, 4.69) is 53.1 Å². The van der Waals surface area contributed by atoms with Gasteiger partial charge in [0.1, 0.15) is 0 Å². The number of hydrogen-bond donors (Lipinski definition) is 3. The van der Waals surface area contributed by atoms with E-state index in [0.29, 0.717) is 18.5 Å². The Labute approximate surface area is 204 Å². The Morgan fingerprint density at radius 3 is 2.56 bits per heavy atom. The van der Waals surface area contributed by atoms with Crippen molar-refractivity contribution in [2.24, 2.45) is 0 Å². The number of rotatable bonds is 9. The Bertz CT molecular complexity index is 1210. The predicted octanol–water partition coefficient (Wildman–Crippen LogP) is 5.01. The molecule has 180 valence electrons. The number of benzene rings is 2. The second-order valence-electron chi connectivity index (χ2n) is 8.88. The summed E-state index contributed by atoms with van der Waals surface area (Å²) in [6.45, 7) is 6.14. The fourth-order valence-electron chi connectivity index (χ4n) is 4.70. The van der Waals surface area contributed by atoms with Gasteiger partial charge in [0, 0.05) is 45.3 Å². The molecule has 0 bridgehead atoms. The average molecular weight is 481 g/mol. The minimum absolute atomic E-state index is 0.000539. The molecule has 6 nitrogen and oxygen atoms in total. The third kappa shape index (κ3) is 5.32. The van der Waals surface area contributed by atoms with E-state index in [-0.39, 0.29) is 24.1 Å². The molecule has 0 radical (unpaired) electrons. The second kappa shape index (κ2) is 10.7. The number of fused-ring (bicyclic) bond motifs is 3. The van der Waals surface area contributed by atoms with Crippen molar-refractivity contribution in [1.29, 1.82) is 0 Å². The van der Waals surface area contributed by atoms with Crippen molar-refractivity contribution in [3.05, 3.63) is 59.7 Å². The van der Waals surface area contributed by atoms with Gasteiger partial charge in [-0.25, -0.2) is 4.79 Å². The van der Waals surface area contributed by atoms with Gasteiger partial charge in [-0.1, -0.05) is 38.1 Å². The normalized spacial score (nSPS) is 20.6. The zero-order valence-electron chi connectivity index (χ0n) is 19.8. The van der Waals surface area contributed by atoms with Gasteiger partial charge in [-0.05, 0) is 49.1 Å². The Hall–Kier alpha value is -2.74. The SMILES string of the molecule is CCC(CC)OC1C=C(C(=O)O)C[C@H](NCc2ccc3sc4ccccc4c3c2)[C@H]1NC(C)=O. The molecule has 0 fully saturated rings. The van der Waals surface area contributed by atoms with Crippen LogP contribution in [0.5, 0.6) is 0 Å². The van der Waals surface area contributed by atoms with Crippen LogP contribution >= 0.6 is 11.3 Å². The lowest BCUT2D eigenvalue weighted by Gasteiger charge is -2.38. The van der Waals surface area contributed by atoms with Crippen molar-refractivity contribution in [2.75, 3.05) is 0 Å². The highest BCUT2D eigenvalue weighted by atomic mass is 32.1. The van der Waals surface area contributed by atoms with E-state index in [0.717, 1.165) is 18.4 Å². The summed E-state index contributed by atoms with van der Waals surface area (Å²) in [5.41, 5.74) is 1.43. The topological polar surface area (TPSA) is 87.7 Å². The number of thiophene rings is 1. The third-order valence-electron chi connectivity index (χ3n) is 6.51. The molecule has 3 aromatic rings. The van der Waals surface area contributed by atoms with E-state index in [4.69, 9.17) is 4.74 Å².